The van der Waals surface area contributed by atoms with Gasteiger partial charge in [0.2, 0.25) is 0 Å². The summed E-state index contributed by atoms with van der Waals surface area (Å²) in [4.78, 5) is 11.6. The third kappa shape index (κ3) is 4.07. The minimum absolute atomic E-state index is 0.101. The topological polar surface area (TPSA) is 41.0 Å². The van der Waals surface area contributed by atoms with Gasteiger partial charge in [0, 0.05) is 23.6 Å². The van der Waals surface area contributed by atoms with Crippen molar-refractivity contribution < 1.29 is 0 Å². The fourth-order valence-electron chi connectivity index (χ4n) is 2.62. The van der Waals surface area contributed by atoms with Crippen molar-refractivity contribution in [2.75, 3.05) is 25.0 Å². The molecule has 1 N–H and O–H groups in total. The lowest BCUT2D eigenvalue weighted by atomic mass is 9.95. The number of nitrogens with one attached hydrogen (secondary N) is 1. The van der Waals surface area contributed by atoms with Gasteiger partial charge in [-0.3, -0.25) is 0 Å². The molecule has 4 nitrogen and oxygen atoms in total. The summed E-state index contributed by atoms with van der Waals surface area (Å²) >= 11 is 6.30. The summed E-state index contributed by atoms with van der Waals surface area (Å²) in [5, 5.41) is 4.15. The zero-order chi connectivity index (χ0) is 15.6. The first-order valence-electron chi connectivity index (χ1n) is 7.84. The van der Waals surface area contributed by atoms with Crippen molar-refractivity contribution in [2.45, 2.75) is 58.9 Å². The first kappa shape index (κ1) is 16.5. The Labute approximate surface area is 133 Å². The molecule has 1 fully saturated rings. The number of halogens is 1. The van der Waals surface area contributed by atoms with Gasteiger partial charge in [0.25, 0.3) is 0 Å². The number of nitrogens with zero attached hydrogens (tertiary/aromatic N) is 3. The van der Waals surface area contributed by atoms with Crippen LogP contribution in [0.2, 0.25) is 5.15 Å². The molecule has 118 valence electrons. The number of rotatable bonds is 3. The highest BCUT2D eigenvalue weighted by Gasteiger charge is 2.23. The maximum atomic E-state index is 6.30. The van der Waals surface area contributed by atoms with Crippen molar-refractivity contribution in [2.24, 2.45) is 0 Å². The number of anilines is 1. The molecule has 1 atom stereocenters. The quantitative estimate of drug-likeness (QED) is 0.866. The smallest absolute Gasteiger partial charge is 0.137 e. The molecule has 0 spiro atoms. The fourth-order valence-corrected chi connectivity index (χ4v) is 2.79. The van der Waals surface area contributed by atoms with E-state index < -0.39 is 0 Å². The third-order valence-corrected chi connectivity index (χ3v) is 4.42. The number of hydrogen-bond donors (Lipinski definition) is 1. The third-order valence-electron chi connectivity index (χ3n) is 4.05. The lowest BCUT2D eigenvalue weighted by molar-refractivity contribution is 0.226. The summed E-state index contributed by atoms with van der Waals surface area (Å²) in [6, 6.07) is 0.441. The average Bonchev–Trinajstić information content (AvgIpc) is 2.42. The molecule has 1 aliphatic rings. The minimum Gasteiger partial charge on any atom is -0.366 e. The molecule has 21 heavy (non-hydrogen) atoms. The van der Waals surface area contributed by atoms with E-state index in [1.54, 1.807) is 0 Å². The van der Waals surface area contributed by atoms with Crippen LogP contribution in [0.1, 0.15) is 51.9 Å². The van der Waals surface area contributed by atoms with E-state index in [4.69, 9.17) is 16.6 Å². The molecule has 0 bridgehead atoms. The number of hydrogen-bond acceptors (Lipinski definition) is 4. The Morgan fingerprint density at radius 2 is 2.05 bits per heavy atom. The monoisotopic (exact) mass is 310 g/mol. The first-order valence-corrected chi connectivity index (χ1v) is 8.22. The molecule has 1 saturated heterocycles. The zero-order valence-corrected chi connectivity index (χ0v) is 14.6. The summed E-state index contributed by atoms with van der Waals surface area (Å²) in [6.45, 7) is 13.9. The van der Waals surface area contributed by atoms with Crippen molar-refractivity contribution >= 4 is 17.4 Å². The molecule has 0 aliphatic carbocycles. The second-order valence-electron chi connectivity index (χ2n) is 6.94. The van der Waals surface area contributed by atoms with Gasteiger partial charge in [-0.15, -0.1) is 0 Å². The van der Waals surface area contributed by atoms with Crippen LogP contribution in [0.3, 0.4) is 0 Å². The largest absolute Gasteiger partial charge is 0.366 e. The van der Waals surface area contributed by atoms with Gasteiger partial charge < -0.3 is 10.2 Å². The predicted molar refractivity (Wildman–Crippen MR) is 89.2 cm³/mol. The molecule has 0 amide bonds. The SMILES string of the molecule is CCN1CCCC(Nc2nc(C(C)(C)C)nc(Cl)c2C)C1. The molecule has 0 radical (unpaired) electrons. The molecule has 1 unspecified atom stereocenters. The predicted octanol–water partition coefficient (Wildman–Crippen LogP) is 3.63. The van der Waals surface area contributed by atoms with E-state index in [1.807, 2.05) is 6.92 Å². The number of likely N-dealkylation sites (tertiary alicyclic amines) is 1. The average molecular weight is 311 g/mol. The first-order chi connectivity index (χ1) is 9.81. The van der Waals surface area contributed by atoms with Crippen molar-refractivity contribution in [1.82, 2.24) is 14.9 Å². The van der Waals surface area contributed by atoms with Crippen molar-refractivity contribution in [3.8, 4) is 0 Å². The summed E-state index contributed by atoms with van der Waals surface area (Å²) in [7, 11) is 0. The van der Waals surface area contributed by atoms with E-state index in [9.17, 15) is 0 Å². The molecule has 2 heterocycles. The standard InChI is InChI=1S/C16H27ClN4/c1-6-21-9-7-8-12(10-21)18-14-11(2)13(17)19-15(20-14)16(3,4)5/h12H,6-10H2,1-5H3,(H,18,19,20). The Balaban J connectivity index is 2.21. The van der Waals surface area contributed by atoms with Crippen LogP contribution in [-0.2, 0) is 5.41 Å². The van der Waals surface area contributed by atoms with Gasteiger partial charge in [0.05, 0.1) is 0 Å². The lowest BCUT2D eigenvalue weighted by Crippen LogP contribution is -2.42. The van der Waals surface area contributed by atoms with Crippen LogP contribution in [0, 0.1) is 6.92 Å². The normalized spacial score (nSPS) is 20.6. The summed E-state index contributed by atoms with van der Waals surface area (Å²) < 4.78 is 0. The molecule has 0 saturated carbocycles. The van der Waals surface area contributed by atoms with Crippen LogP contribution in [0.4, 0.5) is 5.82 Å². The Bertz CT molecular complexity index is 496. The molecule has 0 aromatic carbocycles. The lowest BCUT2D eigenvalue weighted by Gasteiger charge is -2.33. The van der Waals surface area contributed by atoms with Crippen LogP contribution in [0.15, 0.2) is 0 Å². The minimum atomic E-state index is -0.101. The van der Waals surface area contributed by atoms with E-state index in [2.05, 4.69) is 42.9 Å². The van der Waals surface area contributed by atoms with Crippen molar-refractivity contribution in [3.05, 3.63) is 16.5 Å². The summed E-state index contributed by atoms with van der Waals surface area (Å²) in [6.07, 6.45) is 2.41. The van der Waals surface area contributed by atoms with Gasteiger partial charge in [-0.05, 0) is 32.9 Å². The zero-order valence-electron chi connectivity index (χ0n) is 13.8. The Morgan fingerprint density at radius 3 is 2.67 bits per heavy atom. The molecule has 1 aromatic heterocycles. The van der Waals surface area contributed by atoms with Gasteiger partial charge >= 0.3 is 0 Å². The highest BCUT2D eigenvalue weighted by molar-refractivity contribution is 6.30. The van der Waals surface area contributed by atoms with Crippen LogP contribution < -0.4 is 5.32 Å². The van der Waals surface area contributed by atoms with Crippen molar-refractivity contribution in [1.29, 1.82) is 0 Å². The molecule has 5 heteroatoms. The van der Waals surface area contributed by atoms with Gasteiger partial charge in [-0.25, -0.2) is 9.97 Å². The van der Waals surface area contributed by atoms with E-state index in [-0.39, 0.29) is 5.41 Å². The van der Waals surface area contributed by atoms with Crippen molar-refractivity contribution in [3.63, 3.8) is 0 Å². The van der Waals surface area contributed by atoms with Gasteiger partial charge in [-0.2, -0.15) is 0 Å². The second-order valence-corrected chi connectivity index (χ2v) is 7.30. The summed E-state index contributed by atoms with van der Waals surface area (Å²) in [5.74, 6) is 1.69. The van der Waals surface area contributed by atoms with E-state index in [0.717, 1.165) is 30.3 Å². The van der Waals surface area contributed by atoms with E-state index >= 15 is 0 Å². The van der Waals surface area contributed by atoms with E-state index in [1.165, 1.54) is 19.4 Å². The van der Waals surface area contributed by atoms with Crippen LogP contribution in [-0.4, -0.2) is 40.5 Å². The maximum Gasteiger partial charge on any atom is 0.137 e. The fraction of sp³-hybridized carbons (Fsp3) is 0.750. The number of piperidine rings is 1. The van der Waals surface area contributed by atoms with Gasteiger partial charge in [0.1, 0.15) is 16.8 Å². The Morgan fingerprint density at radius 1 is 1.33 bits per heavy atom. The van der Waals surface area contributed by atoms with Crippen LogP contribution >= 0.6 is 11.6 Å². The number of likely N-dealkylation sites (N-methyl/N-ethyl adjacent to an activating group) is 1. The van der Waals surface area contributed by atoms with Crippen LogP contribution in [0.5, 0.6) is 0 Å². The van der Waals surface area contributed by atoms with Gasteiger partial charge in [0.15, 0.2) is 0 Å². The van der Waals surface area contributed by atoms with Crippen LogP contribution in [0.25, 0.3) is 0 Å². The molecular weight excluding hydrogens is 284 g/mol. The van der Waals surface area contributed by atoms with E-state index in [0.29, 0.717) is 11.2 Å². The molecule has 1 aromatic rings. The highest BCUT2D eigenvalue weighted by atomic mass is 35.5. The molecule has 2 rings (SSSR count). The molecule has 1 aliphatic heterocycles. The maximum absolute atomic E-state index is 6.30. The number of aromatic nitrogens is 2. The second kappa shape index (κ2) is 6.49. The Hall–Kier alpha value is -0.870. The molecular formula is C16H27ClN4. The Kier molecular flexibility index (Phi) is 5.10. The summed E-state index contributed by atoms with van der Waals surface area (Å²) in [5.41, 5.74) is 0.841. The highest BCUT2D eigenvalue weighted by Crippen LogP contribution is 2.27. The van der Waals surface area contributed by atoms with Gasteiger partial charge in [-0.1, -0.05) is 39.3 Å².